The van der Waals surface area contributed by atoms with Gasteiger partial charge in [0.25, 0.3) is 5.91 Å². The molecule has 0 aliphatic heterocycles. The predicted molar refractivity (Wildman–Crippen MR) is 115 cm³/mol. The molecule has 0 saturated carbocycles. The van der Waals surface area contributed by atoms with Crippen molar-refractivity contribution in [2.75, 3.05) is 6.61 Å². The van der Waals surface area contributed by atoms with Crippen LogP contribution in [-0.2, 0) is 16.1 Å². The van der Waals surface area contributed by atoms with Crippen LogP contribution >= 0.6 is 11.3 Å². The molecule has 0 aliphatic carbocycles. The van der Waals surface area contributed by atoms with E-state index in [9.17, 15) is 9.59 Å². The van der Waals surface area contributed by atoms with Crippen molar-refractivity contribution in [2.45, 2.75) is 53.1 Å². The average Bonchev–Trinajstić information content (AvgIpc) is 3.23. The van der Waals surface area contributed by atoms with E-state index in [0.29, 0.717) is 11.4 Å². The normalized spacial score (nSPS) is 12.1. The third-order valence-corrected chi connectivity index (χ3v) is 5.85. The molecule has 1 aromatic carbocycles. The van der Waals surface area contributed by atoms with Gasteiger partial charge < -0.3 is 10.1 Å². The predicted octanol–water partition coefficient (Wildman–Crippen LogP) is 4.22. The first kappa shape index (κ1) is 21.0. The minimum absolute atomic E-state index is 0.0749. The molecule has 7 heteroatoms. The van der Waals surface area contributed by atoms with Gasteiger partial charge in [0, 0.05) is 11.4 Å². The zero-order chi connectivity index (χ0) is 21.0. The van der Waals surface area contributed by atoms with Crippen molar-refractivity contribution < 1.29 is 14.3 Å². The van der Waals surface area contributed by atoms with E-state index in [4.69, 9.17) is 4.74 Å². The summed E-state index contributed by atoms with van der Waals surface area (Å²) >= 11 is 1.34. The second kappa shape index (κ2) is 9.22. The molecule has 3 rings (SSSR count). The Hall–Kier alpha value is -2.67. The number of ether oxygens (including phenoxy) is 1. The Kier molecular flexibility index (Phi) is 6.69. The number of aryl methyl sites for hydroxylation is 2. The van der Waals surface area contributed by atoms with E-state index in [1.54, 1.807) is 6.07 Å². The summed E-state index contributed by atoms with van der Waals surface area (Å²) in [5.41, 5.74) is 3.23. The summed E-state index contributed by atoms with van der Waals surface area (Å²) in [7, 11) is 0. The fraction of sp³-hybridized carbons (Fsp3) is 0.409. The van der Waals surface area contributed by atoms with Crippen LogP contribution in [0.1, 0.15) is 53.2 Å². The lowest BCUT2D eigenvalue weighted by atomic mass is 10.1. The highest BCUT2D eigenvalue weighted by atomic mass is 32.1. The Morgan fingerprint density at radius 2 is 1.97 bits per heavy atom. The van der Waals surface area contributed by atoms with Crippen molar-refractivity contribution in [1.29, 1.82) is 0 Å². The first-order chi connectivity index (χ1) is 13.9. The molecule has 0 spiro atoms. The molecule has 154 valence electrons. The molecule has 0 fully saturated rings. The topological polar surface area (TPSA) is 73.2 Å². The van der Waals surface area contributed by atoms with E-state index in [1.165, 1.54) is 16.9 Å². The number of aromatic nitrogens is 2. The quantitative estimate of drug-likeness (QED) is 0.561. The number of fused-ring (bicyclic) bond motifs is 1. The number of thiophene rings is 1. The Balaban J connectivity index is 1.68. The highest BCUT2D eigenvalue weighted by molar-refractivity contribution is 7.20. The van der Waals surface area contributed by atoms with Crippen molar-refractivity contribution in [1.82, 2.24) is 15.1 Å². The maximum Gasteiger partial charge on any atom is 0.348 e. The lowest BCUT2D eigenvalue weighted by molar-refractivity contribution is -0.124. The highest BCUT2D eigenvalue weighted by Crippen LogP contribution is 2.29. The number of hydrogen-bond donors (Lipinski definition) is 1. The van der Waals surface area contributed by atoms with Gasteiger partial charge in [-0.3, -0.25) is 9.48 Å². The number of hydrogen-bond acceptors (Lipinski definition) is 5. The molecule has 0 saturated heterocycles. The fourth-order valence-corrected chi connectivity index (χ4v) is 4.27. The monoisotopic (exact) mass is 413 g/mol. The van der Waals surface area contributed by atoms with Gasteiger partial charge in [0.2, 0.25) is 0 Å². The Morgan fingerprint density at radius 3 is 2.66 bits per heavy atom. The molecule has 3 aromatic rings. The van der Waals surface area contributed by atoms with Gasteiger partial charge in [-0.25, -0.2) is 4.79 Å². The third kappa shape index (κ3) is 5.23. The van der Waals surface area contributed by atoms with Crippen molar-refractivity contribution in [3.63, 3.8) is 0 Å². The number of nitrogens with one attached hydrogen (secondary N) is 1. The van der Waals surface area contributed by atoms with E-state index < -0.39 is 5.97 Å². The average molecular weight is 414 g/mol. The Labute approximate surface area is 174 Å². The minimum atomic E-state index is -0.481. The molecular formula is C22H27N3O3S. The molecule has 29 heavy (non-hydrogen) atoms. The summed E-state index contributed by atoms with van der Waals surface area (Å²) in [4.78, 5) is 25.8. The maximum atomic E-state index is 12.4. The van der Waals surface area contributed by atoms with E-state index in [-0.39, 0.29) is 18.6 Å². The first-order valence-electron chi connectivity index (χ1n) is 9.86. The number of nitrogens with zero attached hydrogens (tertiary/aromatic N) is 2. The SMILES string of the molecule is CCC[C@@H](C)NC(=O)COC(=O)c1cc2c(C)nn(Cc3ccc(C)cc3)c2s1. The van der Waals surface area contributed by atoms with E-state index in [1.807, 2.05) is 18.5 Å². The lowest BCUT2D eigenvalue weighted by Gasteiger charge is -2.12. The van der Waals surface area contributed by atoms with Crippen molar-refractivity contribution in [3.05, 3.63) is 52.0 Å². The number of amides is 1. The van der Waals surface area contributed by atoms with Crippen LogP contribution in [0.5, 0.6) is 0 Å². The maximum absolute atomic E-state index is 12.4. The second-order valence-corrected chi connectivity index (χ2v) is 8.42. The van der Waals surface area contributed by atoms with Crippen LogP contribution in [0.4, 0.5) is 0 Å². The van der Waals surface area contributed by atoms with Crippen LogP contribution in [0.3, 0.4) is 0 Å². The summed E-state index contributed by atoms with van der Waals surface area (Å²) in [6.07, 6.45) is 1.88. The standard InChI is InChI=1S/C22H27N3O3S/c1-5-6-15(3)23-20(26)13-28-22(27)19-11-18-16(4)24-25(21(18)29-19)12-17-9-7-14(2)8-10-17/h7-11,15H,5-6,12-13H2,1-4H3,(H,23,26)/t15-/m1/s1. The van der Waals surface area contributed by atoms with Crippen LogP contribution in [0, 0.1) is 13.8 Å². The molecule has 0 aliphatic rings. The first-order valence-corrected chi connectivity index (χ1v) is 10.7. The summed E-state index contributed by atoms with van der Waals surface area (Å²) in [6, 6.07) is 10.2. The smallest absolute Gasteiger partial charge is 0.348 e. The Bertz CT molecular complexity index is 1000. The van der Waals surface area contributed by atoms with Crippen LogP contribution in [0.2, 0.25) is 0 Å². The van der Waals surface area contributed by atoms with Crippen LogP contribution in [0.15, 0.2) is 30.3 Å². The third-order valence-electron chi connectivity index (χ3n) is 4.72. The Morgan fingerprint density at radius 1 is 1.24 bits per heavy atom. The molecule has 0 unspecified atom stereocenters. The summed E-state index contributed by atoms with van der Waals surface area (Å²) in [6.45, 7) is 8.36. The molecule has 1 N–H and O–H groups in total. The number of esters is 1. The number of carbonyl (C=O) groups excluding carboxylic acids is 2. The van der Waals surface area contributed by atoms with Crippen molar-refractivity contribution in [3.8, 4) is 0 Å². The van der Waals surface area contributed by atoms with Crippen molar-refractivity contribution in [2.24, 2.45) is 0 Å². The van der Waals surface area contributed by atoms with E-state index >= 15 is 0 Å². The van der Waals surface area contributed by atoms with Gasteiger partial charge in [-0.05, 0) is 38.8 Å². The fourth-order valence-electron chi connectivity index (χ4n) is 3.21. The molecular weight excluding hydrogens is 386 g/mol. The van der Waals surface area contributed by atoms with Gasteiger partial charge in [-0.15, -0.1) is 11.3 Å². The van der Waals surface area contributed by atoms with Gasteiger partial charge >= 0.3 is 5.97 Å². The number of rotatable bonds is 8. The van der Waals surface area contributed by atoms with Gasteiger partial charge in [0.15, 0.2) is 6.61 Å². The van der Waals surface area contributed by atoms with Gasteiger partial charge in [-0.2, -0.15) is 5.10 Å². The molecule has 2 heterocycles. The summed E-state index contributed by atoms with van der Waals surface area (Å²) in [5, 5.41) is 8.37. The molecule has 1 atom stereocenters. The highest BCUT2D eigenvalue weighted by Gasteiger charge is 2.18. The number of benzene rings is 1. The number of carbonyl (C=O) groups is 2. The van der Waals surface area contributed by atoms with Crippen LogP contribution in [0.25, 0.3) is 10.2 Å². The largest absolute Gasteiger partial charge is 0.451 e. The zero-order valence-corrected chi connectivity index (χ0v) is 18.1. The summed E-state index contributed by atoms with van der Waals surface area (Å²) < 4.78 is 7.12. The van der Waals surface area contributed by atoms with Gasteiger partial charge in [-0.1, -0.05) is 43.2 Å². The molecule has 1 amide bonds. The summed E-state index contributed by atoms with van der Waals surface area (Å²) in [5.74, 6) is -0.757. The van der Waals surface area contributed by atoms with E-state index in [0.717, 1.165) is 34.3 Å². The van der Waals surface area contributed by atoms with Crippen molar-refractivity contribution >= 4 is 33.4 Å². The van der Waals surface area contributed by atoms with Crippen LogP contribution in [-0.4, -0.2) is 34.3 Å². The van der Waals surface area contributed by atoms with Gasteiger partial charge in [0.05, 0.1) is 12.2 Å². The molecule has 2 aromatic heterocycles. The second-order valence-electron chi connectivity index (χ2n) is 7.39. The molecule has 0 bridgehead atoms. The lowest BCUT2D eigenvalue weighted by Crippen LogP contribution is -2.35. The van der Waals surface area contributed by atoms with E-state index in [2.05, 4.69) is 48.5 Å². The zero-order valence-electron chi connectivity index (χ0n) is 17.3. The van der Waals surface area contributed by atoms with Crippen LogP contribution < -0.4 is 5.32 Å². The molecule has 0 radical (unpaired) electrons. The van der Waals surface area contributed by atoms with Gasteiger partial charge in [0.1, 0.15) is 9.71 Å². The molecule has 6 nitrogen and oxygen atoms in total. The minimum Gasteiger partial charge on any atom is -0.451 e.